The summed E-state index contributed by atoms with van der Waals surface area (Å²) in [5.74, 6) is 2.07. The van der Waals surface area contributed by atoms with E-state index in [2.05, 4.69) is 32.6 Å². The van der Waals surface area contributed by atoms with Crippen LogP contribution in [0.5, 0.6) is 0 Å². The molecular weight excluding hydrogens is 372 g/mol. The van der Waals surface area contributed by atoms with Crippen molar-refractivity contribution in [3.63, 3.8) is 0 Å². The summed E-state index contributed by atoms with van der Waals surface area (Å²) >= 11 is 0. The Bertz CT molecular complexity index is 674. The summed E-state index contributed by atoms with van der Waals surface area (Å²) in [6.07, 6.45) is 16.1. The van der Waals surface area contributed by atoms with E-state index in [1.54, 1.807) is 12.5 Å². The van der Waals surface area contributed by atoms with Crippen molar-refractivity contribution in [2.24, 2.45) is 23.2 Å². The van der Waals surface area contributed by atoms with Crippen LogP contribution in [0, 0.1) is 23.2 Å². The number of allylic oxidation sites excluding steroid dienone is 4. The van der Waals surface area contributed by atoms with Gasteiger partial charge in [0.05, 0.1) is 18.3 Å². The average Bonchev–Trinajstić information content (AvgIpc) is 3.06. The van der Waals surface area contributed by atoms with E-state index in [9.17, 15) is 15.3 Å². The minimum Gasteiger partial charge on any atom is -0.393 e. The van der Waals surface area contributed by atoms with Crippen LogP contribution in [-0.2, 0) is 0 Å². The molecule has 3 fully saturated rings. The van der Waals surface area contributed by atoms with Crippen molar-refractivity contribution in [1.29, 1.82) is 0 Å². The fourth-order valence-corrected chi connectivity index (χ4v) is 6.69. The van der Waals surface area contributed by atoms with Gasteiger partial charge in [0.15, 0.2) is 0 Å². The lowest BCUT2D eigenvalue weighted by atomic mass is 9.60. The highest BCUT2D eigenvalue weighted by atomic mass is 16.3. The second-order valence-corrected chi connectivity index (χ2v) is 11.1. The van der Waals surface area contributed by atoms with Crippen LogP contribution in [0.1, 0.15) is 91.4 Å². The first kappa shape index (κ1) is 23.8. The van der Waals surface area contributed by atoms with Crippen molar-refractivity contribution in [2.45, 2.75) is 103 Å². The third-order valence-electron chi connectivity index (χ3n) is 8.63. The summed E-state index contributed by atoms with van der Waals surface area (Å²) in [5, 5.41) is 29.4. The van der Waals surface area contributed by atoms with E-state index in [0.29, 0.717) is 23.7 Å². The Labute approximate surface area is 184 Å². The van der Waals surface area contributed by atoms with Gasteiger partial charge in [-0.2, -0.15) is 0 Å². The molecule has 3 aliphatic carbocycles. The van der Waals surface area contributed by atoms with Gasteiger partial charge in [0.1, 0.15) is 0 Å². The van der Waals surface area contributed by atoms with Crippen LogP contribution in [0.2, 0.25) is 0 Å². The summed E-state index contributed by atoms with van der Waals surface area (Å²) < 4.78 is 0. The van der Waals surface area contributed by atoms with Crippen molar-refractivity contribution < 1.29 is 15.3 Å². The fourth-order valence-electron chi connectivity index (χ4n) is 6.69. The highest BCUT2D eigenvalue weighted by Crippen LogP contribution is 2.60. The smallest absolute Gasteiger partial charge is 0.0849 e. The second kappa shape index (κ2) is 9.71. The molecule has 0 aromatic carbocycles. The third-order valence-corrected chi connectivity index (χ3v) is 8.63. The first-order chi connectivity index (χ1) is 14.2. The number of rotatable bonds is 7. The molecule has 0 heterocycles. The summed E-state index contributed by atoms with van der Waals surface area (Å²) in [7, 11) is 0. The lowest BCUT2D eigenvalue weighted by molar-refractivity contribution is -0.00891. The molecule has 0 aromatic rings. The highest BCUT2D eigenvalue weighted by Gasteiger charge is 2.50. The van der Waals surface area contributed by atoms with Crippen molar-refractivity contribution in [2.75, 3.05) is 6.61 Å². The average molecular weight is 417 g/mol. The van der Waals surface area contributed by atoms with Crippen LogP contribution in [-0.4, -0.2) is 33.6 Å². The molecule has 0 bridgehead atoms. The van der Waals surface area contributed by atoms with E-state index < -0.39 is 5.60 Å². The molecule has 0 saturated heterocycles. The van der Waals surface area contributed by atoms with Gasteiger partial charge >= 0.3 is 0 Å². The van der Waals surface area contributed by atoms with Gasteiger partial charge in [0.2, 0.25) is 0 Å². The summed E-state index contributed by atoms with van der Waals surface area (Å²) in [6, 6.07) is 0. The second-order valence-electron chi connectivity index (χ2n) is 11.1. The van der Waals surface area contributed by atoms with Gasteiger partial charge in [-0.25, -0.2) is 0 Å². The van der Waals surface area contributed by atoms with Crippen molar-refractivity contribution in [3.05, 3.63) is 35.5 Å². The zero-order valence-corrected chi connectivity index (χ0v) is 19.5. The van der Waals surface area contributed by atoms with E-state index in [4.69, 9.17) is 0 Å². The standard InChI is InChI=1S/C27H44O3/c1-19-9-12-23(29)17-22(19)11-10-21-8-6-16-27(4)24(13-14-25(21)27)20(2)7-5-15-26(3,30)18-28/h10-11,20,23-25,28-30H,1,5-9,12-18H2,2-4H3/b21-10+,22-11-/t20-,23+,24-,25-,26-,27-/m1/s1. The zero-order valence-electron chi connectivity index (χ0n) is 19.5. The summed E-state index contributed by atoms with van der Waals surface area (Å²) in [6.45, 7) is 10.7. The van der Waals surface area contributed by atoms with Gasteiger partial charge in [0, 0.05) is 0 Å². The molecule has 0 aromatic heterocycles. The molecule has 3 saturated carbocycles. The van der Waals surface area contributed by atoms with Gasteiger partial charge in [-0.15, -0.1) is 0 Å². The molecule has 6 atom stereocenters. The number of hydrogen-bond acceptors (Lipinski definition) is 3. The minimum atomic E-state index is -0.938. The topological polar surface area (TPSA) is 60.7 Å². The molecule has 170 valence electrons. The first-order valence-corrected chi connectivity index (χ1v) is 12.3. The van der Waals surface area contributed by atoms with Crippen LogP contribution in [0.25, 0.3) is 0 Å². The van der Waals surface area contributed by atoms with Crippen molar-refractivity contribution in [3.8, 4) is 0 Å². The maximum Gasteiger partial charge on any atom is 0.0849 e. The van der Waals surface area contributed by atoms with Crippen molar-refractivity contribution in [1.82, 2.24) is 0 Å². The van der Waals surface area contributed by atoms with Crippen molar-refractivity contribution >= 4 is 0 Å². The van der Waals surface area contributed by atoms with Gasteiger partial charge in [0.25, 0.3) is 0 Å². The van der Waals surface area contributed by atoms with E-state index in [-0.39, 0.29) is 12.7 Å². The van der Waals surface area contributed by atoms with Crippen LogP contribution >= 0.6 is 0 Å². The summed E-state index contributed by atoms with van der Waals surface area (Å²) in [4.78, 5) is 0. The Hall–Kier alpha value is -0.900. The maximum absolute atomic E-state index is 10.1. The molecule has 0 aliphatic heterocycles. The van der Waals surface area contributed by atoms with Crippen LogP contribution in [0.15, 0.2) is 35.5 Å². The van der Waals surface area contributed by atoms with Crippen LogP contribution < -0.4 is 0 Å². The fraction of sp³-hybridized carbons (Fsp3) is 0.778. The largest absolute Gasteiger partial charge is 0.393 e. The Morgan fingerprint density at radius 3 is 2.73 bits per heavy atom. The Kier molecular flexibility index (Phi) is 7.69. The number of hydrogen-bond donors (Lipinski definition) is 3. The molecule has 0 unspecified atom stereocenters. The minimum absolute atomic E-state index is 0.155. The Balaban J connectivity index is 1.66. The zero-order chi connectivity index (χ0) is 21.9. The molecule has 3 nitrogen and oxygen atoms in total. The normalized spacial score (nSPS) is 37.9. The SMILES string of the molecule is C=C1CC[C@H](O)C/C1=C/C=C1\CCC[C@@]2(C)[C@@H]1CC[C@@H]2[C@H](C)CCC[C@@](C)(O)CO. The molecular formula is C27H44O3. The monoisotopic (exact) mass is 416 g/mol. The molecule has 3 rings (SSSR count). The van der Waals surface area contributed by atoms with E-state index in [0.717, 1.165) is 38.0 Å². The molecule has 0 amide bonds. The van der Waals surface area contributed by atoms with E-state index in [1.807, 2.05) is 0 Å². The molecule has 3 N–H and O–H groups in total. The van der Waals surface area contributed by atoms with Gasteiger partial charge in [-0.1, -0.05) is 56.6 Å². The predicted molar refractivity (Wildman–Crippen MR) is 124 cm³/mol. The Morgan fingerprint density at radius 2 is 2.00 bits per heavy atom. The molecule has 3 aliphatic rings. The van der Waals surface area contributed by atoms with Gasteiger partial charge in [-0.3, -0.25) is 0 Å². The quantitative estimate of drug-likeness (QED) is 0.498. The summed E-state index contributed by atoms with van der Waals surface area (Å²) in [5.41, 5.74) is 3.50. The van der Waals surface area contributed by atoms with Crippen LogP contribution in [0.3, 0.4) is 0 Å². The number of fused-ring (bicyclic) bond motifs is 1. The molecule has 30 heavy (non-hydrogen) atoms. The predicted octanol–water partition coefficient (Wildman–Crippen LogP) is 5.71. The molecule has 0 spiro atoms. The van der Waals surface area contributed by atoms with Crippen LogP contribution in [0.4, 0.5) is 0 Å². The Morgan fingerprint density at radius 1 is 1.23 bits per heavy atom. The van der Waals surface area contributed by atoms with E-state index >= 15 is 0 Å². The molecule has 3 heteroatoms. The van der Waals surface area contributed by atoms with E-state index in [1.165, 1.54) is 43.3 Å². The molecule has 0 radical (unpaired) electrons. The lowest BCUT2D eigenvalue weighted by Gasteiger charge is -2.44. The van der Waals surface area contributed by atoms with Gasteiger partial charge < -0.3 is 15.3 Å². The number of aliphatic hydroxyl groups is 3. The number of aliphatic hydroxyl groups excluding tert-OH is 2. The third kappa shape index (κ3) is 5.29. The highest BCUT2D eigenvalue weighted by molar-refractivity contribution is 5.36. The maximum atomic E-state index is 10.1. The lowest BCUT2D eigenvalue weighted by Crippen LogP contribution is -2.36. The van der Waals surface area contributed by atoms with Gasteiger partial charge in [-0.05, 0) is 93.5 Å². The first-order valence-electron chi connectivity index (χ1n) is 12.3.